The normalized spacial score (nSPS) is 12.0. The van der Waals surface area contributed by atoms with Crippen molar-refractivity contribution in [1.82, 2.24) is 29.9 Å². The molecule has 0 bridgehead atoms. The minimum atomic E-state index is -4.89. The second-order valence-corrected chi connectivity index (χ2v) is 13.1. The van der Waals surface area contributed by atoms with Gasteiger partial charge in [0.2, 0.25) is 35.7 Å². The zero-order chi connectivity index (χ0) is 38.3. The summed E-state index contributed by atoms with van der Waals surface area (Å²) in [6, 6.07) is 28.8. The molecule has 17 nitrogen and oxygen atoms in total. The zero-order valence-corrected chi connectivity index (χ0v) is 36.0. The van der Waals surface area contributed by atoms with Crippen LogP contribution in [0, 0.1) is 6.07 Å². The minimum absolute atomic E-state index is 0. The summed E-state index contributed by atoms with van der Waals surface area (Å²) in [6.45, 7) is 1.47. The zero-order valence-electron chi connectivity index (χ0n) is 31.2. The molecule has 2 aromatic heterocycles. The predicted octanol–water partition coefficient (Wildman–Crippen LogP) is -0.879. The number of nitrogens with zero attached hydrogens (tertiary/aromatic N) is 6. The van der Waals surface area contributed by atoms with Gasteiger partial charge in [0.1, 0.15) is 15.8 Å². The molecule has 0 fully saturated rings. The smallest absolute Gasteiger partial charge is 0.744 e. The van der Waals surface area contributed by atoms with Crippen LogP contribution in [-0.2, 0) is 15.8 Å². The molecule has 1 unspecified atom stereocenters. The van der Waals surface area contributed by atoms with Gasteiger partial charge in [-0.3, -0.25) is 0 Å². The Labute approximate surface area is 367 Å². The monoisotopic (exact) mass is 791 g/mol. The van der Waals surface area contributed by atoms with E-state index in [1.165, 1.54) is 25.1 Å². The van der Waals surface area contributed by atoms with Crippen LogP contribution >= 0.6 is 0 Å². The van der Waals surface area contributed by atoms with E-state index in [9.17, 15) is 18.1 Å². The van der Waals surface area contributed by atoms with Crippen molar-refractivity contribution < 1.29 is 77.2 Å². The molecule has 0 amide bonds. The van der Waals surface area contributed by atoms with Crippen LogP contribution in [0.25, 0.3) is 12.2 Å². The van der Waals surface area contributed by atoms with Crippen LogP contribution < -0.4 is 96.7 Å². The van der Waals surface area contributed by atoms with E-state index in [0.717, 1.165) is 5.69 Å². The molecular weight excluding hydrogens is 757 g/mol. The topological polar surface area (TPSA) is 253 Å². The Kier molecular flexibility index (Phi) is 15.3. The summed E-state index contributed by atoms with van der Waals surface area (Å²) in [5.41, 5.74) is 7.87. The first kappa shape index (κ1) is 44.0. The first-order valence-electron chi connectivity index (χ1n) is 16.3. The van der Waals surface area contributed by atoms with Crippen LogP contribution in [0.5, 0.6) is 0 Å². The van der Waals surface area contributed by atoms with Gasteiger partial charge in [-0.05, 0) is 60.1 Å². The Balaban J connectivity index is 0.00000348. The number of rotatable bonds is 14. The van der Waals surface area contributed by atoms with Crippen molar-refractivity contribution in [3.63, 3.8) is 0 Å². The molecule has 1 atom stereocenters. The van der Waals surface area contributed by atoms with Crippen LogP contribution in [0.4, 0.5) is 58.4 Å². The molecule has 0 saturated heterocycles. The van der Waals surface area contributed by atoms with Crippen molar-refractivity contribution >= 4 is 80.7 Å². The average molecular weight is 792 g/mol. The van der Waals surface area contributed by atoms with E-state index in [1.807, 2.05) is 30.3 Å². The van der Waals surface area contributed by atoms with Crippen LogP contribution in [0.15, 0.2) is 95.9 Å². The maximum absolute atomic E-state index is 12.4. The third-order valence-corrected chi connectivity index (χ3v) is 8.44. The number of aliphatic hydroxyl groups is 1. The molecule has 0 aliphatic rings. The third kappa shape index (κ3) is 12.1. The summed E-state index contributed by atoms with van der Waals surface area (Å²) in [7, 11) is -1.56. The maximum atomic E-state index is 12.4. The molecule has 0 aliphatic heterocycles. The van der Waals surface area contributed by atoms with Gasteiger partial charge in [0.15, 0.2) is 0 Å². The molecule has 6 rings (SSSR count). The molecule has 0 spiro atoms. The molecule has 20 heteroatoms. The Morgan fingerprint density at radius 1 is 0.661 bits per heavy atom. The fourth-order valence-corrected chi connectivity index (χ4v) is 5.59. The van der Waals surface area contributed by atoms with E-state index < -0.39 is 20.7 Å². The van der Waals surface area contributed by atoms with Gasteiger partial charge in [-0.1, -0.05) is 42.5 Å². The standard InChI is InChI=1S/C36H36N13O4S.2Na/c1-36(37,50)24-14-19-27(20-15-24)42-34-46-31(39-3)47-35(49-34)43-28-18-13-23(29(21-28)54(51,52)53)12-9-22-10-16-26(17-11-22)41-33-45-30(38-2)44-32(48-33)40-25-7-5-4-6-8-25;;/h4-10,12-21,50H,37H2,1-3H3,(H,51,52,53)(H3,38,40,41,44,45,48)(H3,39,42,43,46,47,49);;/q-1;2*+1/p-1/b12-9+;;. The molecule has 56 heavy (non-hydrogen) atoms. The number of nitrogens with two attached hydrogens (primary N) is 1. The first-order chi connectivity index (χ1) is 25.8. The molecule has 6 aromatic rings. The predicted molar refractivity (Wildman–Crippen MR) is 207 cm³/mol. The molecule has 9 N–H and O–H groups in total. The van der Waals surface area contributed by atoms with Gasteiger partial charge in [0.05, 0.1) is 4.90 Å². The molecule has 276 valence electrons. The number of para-hydroxylation sites is 1. The molecule has 4 aromatic carbocycles. The molecule has 2 heterocycles. The van der Waals surface area contributed by atoms with E-state index >= 15 is 0 Å². The molecule has 0 saturated carbocycles. The summed E-state index contributed by atoms with van der Waals surface area (Å²) in [5.74, 6) is 1.45. The minimum Gasteiger partial charge on any atom is -0.744 e. The van der Waals surface area contributed by atoms with E-state index in [0.29, 0.717) is 40.3 Å². The van der Waals surface area contributed by atoms with E-state index in [4.69, 9.17) is 5.73 Å². The van der Waals surface area contributed by atoms with E-state index in [-0.39, 0.29) is 88.2 Å². The van der Waals surface area contributed by atoms with Crippen LogP contribution in [-0.4, -0.2) is 62.1 Å². The van der Waals surface area contributed by atoms with Gasteiger partial charge >= 0.3 is 59.1 Å². The Bertz CT molecular complexity index is 2390. The molecule has 0 radical (unpaired) electrons. The van der Waals surface area contributed by atoms with Crippen molar-refractivity contribution in [2.24, 2.45) is 5.73 Å². The van der Waals surface area contributed by atoms with Crippen molar-refractivity contribution in [3.05, 3.63) is 114 Å². The van der Waals surface area contributed by atoms with Gasteiger partial charge in [-0.25, -0.2) is 8.42 Å². The second-order valence-electron chi connectivity index (χ2n) is 11.8. The number of benzene rings is 4. The fraction of sp³-hybridized carbons (Fsp3) is 0.111. The van der Waals surface area contributed by atoms with Gasteiger partial charge in [0.25, 0.3) is 0 Å². The Morgan fingerprint density at radius 2 is 1.12 bits per heavy atom. The summed E-state index contributed by atoms with van der Waals surface area (Å²) in [6.07, 6.45) is 3.15. The van der Waals surface area contributed by atoms with Gasteiger partial charge in [0, 0.05) is 31.2 Å². The summed E-state index contributed by atoms with van der Waals surface area (Å²) in [4.78, 5) is 25.7. The Morgan fingerprint density at radius 3 is 1.61 bits per heavy atom. The van der Waals surface area contributed by atoms with Crippen molar-refractivity contribution in [1.29, 1.82) is 0 Å². The average Bonchev–Trinajstić information content (AvgIpc) is 3.14. The Hall–Kier alpha value is -4.73. The summed E-state index contributed by atoms with van der Waals surface area (Å²) < 4.78 is 37.1. The maximum Gasteiger partial charge on any atom is 1.00 e. The summed E-state index contributed by atoms with van der Waals surface area (Å²) in [5, 5.41) is 28.1. The van der Waals surface area contributed by atoms with Crippen LogP contribution in [0.2, 0.25) is 0 Å². The van der Waals surface area contributed by atoms with Crippen molar-refractivity contribution in [2.75, 3.05) is 46.0 Å². The van der Waals surface area contributed by atoms with Gasteiger partial charge < -0.3 is 47.3 Å². The number of aromatic nitrogens is 6. The van der Waals surface area contributed by atoms with E-state index in [2.05, 4.69) is 67.9 Å². The summed E-state index contributed by atoms with van der Waals surface area (Å²) >= 11 is 0. The largest absolute Gasteiger partial charge is 1.00 e. The molecular formula is C36H35N13Na2O4S. The number of anilines is 10. The van der Waals surface area contributed by atoms with E-state index in [1.54, 1.807) is 68.7 Å². The fourth-order valence-electron chi connectivity index (χ4n) is 4.89. The quantitative estimate of drug-likeness (QED) is 0.0219. The van der Waals surface area contributed by atoms with Gasteiger partial charge in [-0.2, -0.15) is 35.5 Å². The van der Waals surface area contributed by atoms with Gasteiger partial charge in [-0.15, -0.1) is 30.3 Å². The number of hydrogen-bond acceptors (Lipinski definition) is 17. The SMILES string of the molecule is CNc1nc(Nc2c[c-]c(/C=C/c3ccc(Nc4nc(NC)nc(Nc5ccc(C(C)(N)O)cc5)n4)cc3S(=O)(=O)[O-])cc2)nc(Nc2ccccc2)n1.[Na+].[Na+]. The van der Waals surface area contributed by atoms with Crippen LogP contribution in [0.1, 0.15) is 23.6 Å². The second kappa shape index (κ2) is 19.4. The molecule has 0 aliphatic carbocycles. The van der Waals surface area contributed by atoms with Crippen molar-refractivity contribution in [3.8, 4) is 0 Å². The van der Waals surface area contributed by atoms with Crippen LogP contribution in [0.3, 0.4) is 0 Å². The third-order valence-electron chi connectivity index (χ3n) is 7.55. The van der Waals surface area contributed by atoms with Crippen molar-refractivity contribution in [2.45, 2.75) is 17.5 Å². The number of nitrogens with one attached hydrogen (secondary N) is 6. The first-order valence-corrected chi connectivity index (χ1v) is 17.7. The number of hydrogen-bond donors (Lipinski definition) is 8.